The third kappa shape index (κ3) is 2.63. The van der Waals surface area contributed by atoms with Crippen LogP contribution in [0.3, 0.4) is 0 Å². The van der Waals surface area contributed by atoms with Gasteiger partial charge in [-0.25, -0.2) is 0 Å². The summed E-state index contributed by atoms with van der Waals surface area (Å²) >= 11 is 6.60. The topological polar surface area (TPSA) is 29.9 Å². The normalized spacial score (nSPS) is 31.2. The smallest absolute Gasteiger partial charge is 0.0849 e. The third-order valence-corrected chi connectivity index (χ3v) is 6.29. The van der Waals surface area contributed by atoms with Gasteiger partial charge in [0.15, 0.2) is 0 Å². The molecule has 1 aromatic rings. The van der Waals surface area contributed by atoms with Crippen LogP contribution in [-0.2, 0) is 19.9 Å². The standard InChI is InChI=1S/C17H28ClN3/c1-4-14-16(18)15(21(3)20-14)10-17(11-19-5-2)9-12-6-7-13(17)8-12/h12-13,19H,4-11H2,1-3H3. The van der Waals surface area contributed by atoms with Crippen LogP contribution in [0.4, 0.5) is 0 Å². The highest BCUT2D eigenvalue weighted by Crippen LogP contribution is 2.57. The van der Waals surface area contributed by atoms with E-state index in [1.54, 1.807) is 0 Å². The van der Waals surface area contributed by atoms with Gasteiger partial charge in [-0.05, 0) is 55.9 Å². The molecule has 1 aromatic heterocycles. The fourth-order valence-corrected chi connectivity index (χ4v) is 5.13. The van der Waals surface area contributed by atoms with Crippen molar-refractivity contribution < 1.29 is 0 Å². The second kappa shape index (κ2) is 5.92. The Hall–Kier alpha value is -0.540. The number of aromatic nitrogens is 2. The van der Waals surface area contributed by atoms with E-state index in [4.69, 9.17) is 11.6 Å². The number of fused-ring (bicyclic) bond motifs is 2. The molecule has 3 unspecified atom stereocenters. The summed E-state index contributed by atoms with van der Waals surface area (Å²) in [6.07, 6.45) is 7.65. The minimum atomic E-state index is 0.404. The van der Waals surface area contributed by atoms with E-state index in [1.807, 2.05) is 4.68 Å². The number of nitrogens with zero attached hydrogens (tertiary/aromatic N) is 2. The van der Waals surface area contributed by atoms with E-state index in [0.717, 1.165) is 48.5 Å². The zero-order chi connectivity index (χ0) is 15.0. The first-order valence-corrected chi connectivity index (χ1v) is 8.88. The molecule has 2 aliphatic carbocycles. The highest BCUT2D eigenvalue weighted by molar-refractivity contribution is 6.31. The molecule has 0 aliphatic heterocycles. The number of aryl methyl sites for hydroxylation is 2. The molecule has 1 heterocycles. The SMILES string of the molecule is CCNCC1(Cc2c(Cl)c(CC)nn2C)CC2CCC1C2. The lowest BCUT2D eigenvalue weighted by Gasteiger charge is -2.38. The molecule has 1 N–H and O–H groups in total. The maximum absolute atomic E-state index is 6.60. The van der Waals surface area contributed by atoms with E-state index in [-0.39, 0.29) is 0 Å². The molecule has 3 rings (SSSR count). The molecule has 118 valence electrons. The summed E-state index contributed by atoms with van der Waals surface area (Å²) in [5, 5.41) is 9.15. The summed E-state index contributed by atoms with van der Waals surface area (Å²) in [6, 6.07) is 0. The molecular formula is C17H28ClN3. The van der Waals surface area contributed by atoms with Crippen LogP contribution in [0.15, 0.2) is 0 Å². The van der Waals surface area contributed by atoms with Crippen molar-refractivity contribution in [2.75, 3.05) is 13.1 Å². The van der Waals surface area contributed by atoms with Gasteiger partial charge in [0, 0.05) is 13.6 Å². The van der Waals surface area contributed by atoms with E-state index < -0.39 is 0 Å². The Bertz CT molecular complexity index is 510. The van der Waals surface area contributed by atoms with E-state index in [0.29, 0.717) is 5.41 Å². The summed E-state index contributed by atoms with van der Waals surface area (Å²) in [5.41, 5.74) is 2.70. The minimum absolute atomic E-state index is 0.404. The number of nitrogens with one attached hydrogen (secondary N) is 1. The van der Waals surface area contributed by atoms with E-state index in [9.17, 15) is 0 Å². The second-order valence-electron chi connectivity index (χ2n) is 7.08. The molecule has 3 atom stereocenters. The lowest BCUT2D eigenvalue weighted by molar-refractivity contribution is 0.154. The molecule has 0 radical (unpaired) electrons. The molecule has 2 saturated carbocycles. The van der Waals surface area contributed by atoms with Gasteiger partial charge >= 0.3 is 0 Å². The van der Waals surface area contributed by atoms with Crippen molar-refractivity contribution in [1.82, 2.24) is 15.1 Å². The quantitative estimate of drug-likeness (QED) is 0.870. The molecule has 21 heavy (non-hydrogen) atoms. The van der Waals surface area contributed by atoms with Gasteiger partial charge in [-0.3, -0.25) is 4.68 Å². The molecule has 2 fully saturated rings. The van der Waals surface area contributed by atoms with Crippen LogP contribution in [-0.4, -0.2) is 22.9 Å². The maximum Gasteiger partial charge on any atom is 0.0849 e. The highest BCUT2D eigenvalue weighted by atomic mass is 35.5. The van der Waals surface area contributed by atoms with Crippen molar-refractivity contribution in [3.05, 3.63) is 16.4 Å². The van der Waals surface area contributed by atoms with Gasteiger partial charge in [0.25, 0.3) is 0 Å². The van der Waals surface area contributed by atoms with E-state index in [2.05, 4.69) is 31.3 Å². The average Bonchev–Trinajstić information content (AvgIpc) is 3.14. The van der Waals surface area contributed by atoms with Crippen molar-refractivity contribution in [3.63, 3.8) is 0 Å². The van der Waals surface area contributed by atoms with Crippen LogP contribution in [0.1, 0.15) is 50.9 Å². The molecule has 0 spiro atoms. The predicted molar refractivity (Wildman–Crippen MR) is 87.7 cm³/mol. The fourth-order valence-electron chi connectivity index (χ4n) is 4.77. The molecule has 4 heteroatoms. The minimum Gasteiger partial charge on any atom is -0.316 e. The Balaban J connectivity index is 1.87. The second-order valence-corrected chi connectivity index (χ2v) is 7.46. The molecule has 3 nitrogen and oxygen atoms in total. The molecule has 0 amide bonds. The first-order valence-electron chi connectivity index (χ1n) is 8.50. The van der Waals surface area contributed by atoms with Gasteiger partial charge in [0.1, 0.15) is 0 Å². The van der Waals surface area contributed by atoms with Crippen LogP contribution in [0.5, 0.6) is 0 Å². The monoisotopic (exact) mass is 309 g/mol. The molecule has 0 aromatic carbocycles. The lowest BCUT2D eigenvalue weighted by Crippen LogP contribution is -2.41. The molecular weight excluding hydrogens is 282 g/mol. The Morgan fingerprint density at radius 3 is 2.71 bits per heavy atom. The van der Waals surface area contributed by atoms with Crippen LogP contribution in [0.2, 0.25) is 5.02 Å². The van der Waals surface area contributed by atoms with Gasteiger partial charge in [0.05, 0.1) is 16.4 Å². The fraction of sp³-hybridized carbons (Fsp3) is 0.824. The zero-order valence-corrected chi connectivity index (χ0v) is 14.3. The van der Waals surface area contributed by atoms with Gasteiger partial charge < -0.3 is 5.32 Å². The van der Waals surface area contributed by atoms with Gasteiger partial charge in [0.2, 0.25) is 0 Å². The average molecular weight is 310 g/mol. The summed E-state index contributed by atoms with van der Waals surface area (Å²) in [7, 11) is 2.05. The Kier molecular flexibility index (Phi) is 4.33. The van der Waals surface area contributed by atoms with Gasteiger partial charge in [-0.15, -0.1) is 0 Å². The maximum atomic E-state index is 6.60. The Labute approximate surface area is 133 Å². The van der Waals surface area contributed by atoms with Crippen molar-refractivity contribution in [2.24, 2.45) is 24.3 Å². The number of halogens is 1. The summed E-state index contributed by atoms with van der Waals surface area (Å²) < 4.78 is 2.03. The number of rotatable bonds is 6. The third-order valence-electron chi connectivity index (χ3n) is 5.85. The van der Waals surface area contributed by atoms with Gasteiger partial charge in [-0.2, -0.15) is 5.10 Å². The first kappa shape index (κ1) is 15.4. The Morgan fingerprint density at radius 2 is 2.19 bits per heavy atom. The predicted octanol–water partition coefficient (Wildman–Crippen LogP) is 3.59. The highest BCUT2D eigenvalue weighted by Gasteiger charge is 2.50. The summed E-state index contributed by atoms with van der Waals surface area (Å²) in [5.74, 6) is 1.82. The zero-order valence-electron chi connectivity index (χ0n) is 13.6. The molecule has 0 saturated heterocycles. The van der Waals surface area contributed by atoms with E-state index in [1.165, 1.54) is 31.4 Å². The summed E-state index contributed by atoms with van der Waals surface area (Å²) in [6.45, 7) is 6.52. The van der Waals surface area contributed by atoms with E-state index >= 15 is 0 Å². The summed E-state index contributed by atoms with van der Waals surface area (Å²) in [4.78, 5) is 0. The van der Waals surface area contributed by atoms with Crippen molar-refractivity contribution in [1.29, 1.82) is 0 Å². The molecule has 2 bridgehead atoms. The van der Waals surface area contributed by atoms with Crippen molar-refractivity contribution in [3.8, 4) is 0 Å². The first-order chi connectivity index (χ1) is 10.1. The van der Waals surface area contributed by atoms with Crippen molar-refractivity contribution >= 4 is 11.6 Å². The van der Waals surface area contributed by atoms with Gasteiger partial charge in [-0.1, -0.05) is 31.9 Å². The lowest BCUT2D eigenvalue weighted by atomic mass is 9.70. The van der Waals surface area contributed by atoms with Crippen LogP contribution >= 0.6 is 11.6 Å². The largest absolute Gasteiger partial charge is 0.316 e. The molecule has 2 aliphatic rings. The van der Waals surface area contributed by atoms with Crippen LogP contribution in [0.25, 0.3) is 0 Å². The van der Waals surface area contributed by atoms with Crippen LogP contribution < -0.4 is 5.32 Å². The van der Waals surface area contributed by atoms with Crippen molar-refractivity contribution in [2.45, 2.75) is 52.4 Å². The van der Waals surface area contributed by atoms with Crippen LogP contribution in [0, 0.1) is 17.3 Å². The Morgan fingerprint density at radius 1 is 1.38 bits per heavy atom. The number of hydrogen-bond acceptors (Lipinski definition) is 2. The number of hydrogen-bond donors (Lipinski definition) is 1.